The zero-order valence-corrected chi connectivity index (χ0v) is 10.4. The van der Waals surface area contributed by atoms with Crippen molar-refractivity contribution in [3.63, 3.8) is 0 Å². The van der Waals surface area contributed by atoms with Gasteiger partial charge in [-0.15, -0.1) is 0 Å². The lowest BCUT2D eigenvalue weighted by atomic mass is 10.1. The number of nitro benzene ring substituents is 1. The van der Waals surface area contributed by atoms with Gasteiger partial charge in [-0.3, -0.25) is 10.1 Å². The van der Waals surface area contributed by atoms with Crippen molar-refractivity contribution < 1.29 is 19.6 Å². The number of hydrogen-bond acceptors (Lipinski definition) is 5. The molecule has 0 saturated carbocycles. The fourth-order valence-electron chi connectivity index (χ4n) is 1.63. The summed E-state index contributed by atoms with van der Waals surface area (Å²) in [5.41, 5.74) is 0.737. The first-order chi connectivity index (χ1) is 9.51. The number of benzene rings is 1. The number of nitrogens with zero attached hydrogens (tertiary/aromatic N) is 2. The number of nitro groups is 1. The van der Waals surface area contributed by atoms with Gasteiger partial charge in [-0.2, -0.15) is 0 Å². The van der Waals surface area contributed by atoms with Gasteiger partial charge in [0.25, 0.3) is 5.69 Å². The minimum Gasteiger partial charge on any atom is -0.497 e. The van der Waals surface area contributed by atoms with Crippen molar-refractivity contribution in [3.05, 3.63) is 52.2 Å². The van der Waals surface area contributed by atoms with Crippen LogP contribution in [-0.2, 0) is 0 Å². The maximum atomic E-state index is 11.0. The molecular formula is C13H10N2O5. The third kappa shape index (κ3) is 2.72. The van der Waals surface area contributed by atoms with Crippen LogP contribution in [0.5, 0.6) is 5.75 Å². The predicted molar refractivity (Wildman–Crippen MR) is 69.8 cm³/mol. The molecule has 20 heavy (non-hydrogen) atoms. The van der Waals surface area contributed by atoms with Crippen molar-refractivity contribution >= 4 is 11.7 Å². The minimum atomic E-state index is -1.17. The number of ether oxygens (including phenoxy) is 1. The Morgan fingerprint density at radius 3 is 2.45 bits per heavy atom. The smallest absolute Gasteiger partial charge is 0.354 e. The third-order valence-electron chi connectivity index (χ3n) is 2.63. The monoisotopic (exact) mass is 274 g/mol. The predicted octanol–water partition coefficient (Wildman–Crippen LogP) is 2.36. The first-order valence-corrected chi connectivity index (χ1v) is 5.55. The second kappa shape index (κ2) is 5.35. The molecule has 2 rings (SSSR count). The topological polar surface area (TPSA) is 103 Å². The SMILES string of the molecule is COc1cc(C(=O)O)nc(-c2ccc([N+](=O)[O-])cc2)c1. The molecule has 0 aliphatic carbocycles. The summed E-state index contributed by atoms with van der Waals surface area (Å²) in [6.07, 6.45) is 0. The van der Waals surface area contributed by atoms with Crippen molar-refractivity contribution in [2.75, 3.05) is 7.11 Å². The van der Waals surface area contributed by atoms with E-state index in [1.165, 1.54) is 37.4 Å². The van der Waals surface area contributed by atoms with Crippen LogP contribution in [0.15, 0.2) is 36.4 Å². The van der Waals surface area contributed by atoms with Gasteiger partial charge in [0.2, 0.25) is 0 Å². The summed E-state index contributed by atoms with van der Waals surface area (Å²) in [5.74, 6) is -0.821. The number of pyridine rings is 1. The van der Waals surface area contributed by atoms with E-state index in [0.29, 0.717) is 17.0 Å². The molecule has 0 spiro atoms. The molecule has 0 unspecified atom stereocenters. The lowest BCUT2D eigenvalue weighted by molar-refractivity contribution is -0.384. The first kappa shape index (κ1) is 13.5. The highest BCUT2D eigenvalue weighted by molar-refractivity contribution is 5.86. The van der Waals surface area contributed by atoms with E-state index in [0.717, 1.165) is 0 Å². The van der Waals surface area contributed by atoms with Crippen LogP contribution in [0, 0.1) is 10.1 Å². The normalized spacial score (nSPS) is 10.1. The number of aromatic carboxylic acids is 1. The average Bonchev–Trinajstić information content (AvgIpc) is 2.46. The van der Waals surface area contributed by atoms with Crippen LogP contribution in [0.4, 0.5) is 5.69 Å². The fourth-order valence-corrected chi connectivity index (χ4v) is 1.63. The van der Waals surface area contributed by atoms with Gasteiger partial charge in [-0.05, 0) is 12.1 Å². The number of carboxylic acid groups (broad SMARTS) is 1. The Hall–Kier alpha value is -2.96. The maximum Gasteiger partial charge on any atom is 0.354 e. The molecule has 2 aromatic rings. The zero-order chi connectivity index (χ0) is 14.7. The zero-order valence-electron chi connectivity index (χ0n) is 10.4. The summed E-state index contributed by atoms with van der Waals surface area (Å²) in [6, 6.07) is 8.54. The maximum absolute atomic E-state index is 11.0. The molecule has 0 bridgehead atoms. The number of methoxy groups -OCH3 is 1. The summed E-state index contributed by atoms with van der Waals surface area (Å²) in [7, 11) is 1.42. The van der Waals surface area contributed by atoms with E-state index in [4.69, 9.17) is 9.84 Å². The molecule has 1 N–H and O–H groups in total. The molecule has 0 saturated heterocycles. The molecule has 1 aromatic carbocycles. The summed E-state index contributed by atoms with van der Waals surface area (Å²) in [6.45, 7) is 0. The number of hydrogen-bond donors (Lipinski definition) is 1. The number of carbonyl (C=O) groups is 1. The van der Waals surface area contributed by atoms with Gasteiger partial charge in [0, 0.05) is 29.8 Å². The quantitative estimate of drug-likeness (QED) is 0.678. The second-order valence-electron chi connectivity index (χ2n) is 3.89. The van der Waals surface area contributed by atoms with Crippen LogP contribution in [0.1, 0.15) is 10.5 Å². The molecule has 1 aromatic heterocycles. The van der Waals surface area contributed by atoms with E-state index < -0.39 is 10.9 Å². The van der Waals surface area contributed by atoms with Gasteiger partial charge < -0.3 is 9.84 Å². The van der Waals surface area contributed by atoms with Crippen molar-refractivity contribution in [2.24, 2.45) is 0 Å². The second-order valence-corrected chi connectivity index (χ2v) is 3.89. The molecule has 0 aliphatic rings. The average molecular weight is 274 g/mol. The largest absolute Gasteiger partial charge is 0.497 e. The molecule has 0 fully saturated rings. The molecule has 0 radical (unpaired) electrons. The lowest BCUT2D eigenvalue weighted by Gasteiger charge is -2.06. The van der Waals surface area contributed by atoms with Gasteiger partial charge >= 0.3 is 5.97 Å². The van der Waals surface area contributed by atoms with Crippen molar-refractivity contribution in [1.82, 2.24) is 4.98 Å². The molecule has 7 heteroatoms. The molecule has 102 valence electrons. The lowest BCUT2D eigenvalue weighted by Crippen LogP contribution is -2.02. The van der Waals surface area contributed by atoms with Crippen LogP contribution in [0.3, 0.4) is 0 Å². The Labute approximate surface area is 113 Å². The summed E-state index contributed by atoms with van der Waals surface area (Å²) in [4.78, 5) is 25.0. The summed E-state index contributed by atoms with van der Waals surface area (Å²) < 4.78 is 5.02. The van der Waals surface area contributed by atoms with Crippen LogP contribution in [-0.4, -0.2) is 28.1 Å². The van der Waals surface area contributed by atoms with Gasteiger partial charge in [0.1, 0.15) is 5.75 Å². The van der Waals surface area contributed by atoms with Crippen LogP contribution in [0.25, 0.3) is 11.3 Å². The van der Waals surface area contributed by atoms with Crippen molar-refractivity contribution in [3.8, 4) is 17.0 Å². The standard InChI is InChI=1S/C13H10N2O5/c1-20-10-6-11(14-12(7-10)13(16)17)8-2-4-9(5-3-8)15(18)19/h2-7H,1H3,(H,16,17). The van der Waals surface area contributed by atoms with Gasteiger partial charge in [0.15, 0.2) is 5.69 Å². The molecule has 1 heterocycles. The minimum absolute atomic E-state index is 0.0462. The van der Waals surface area contributed by atoms with E-state index in [-0.39, 0.29) is 11.4 Å². The number of non-ortho nitro benzene ring substituents is 1. The Kier molecular flexibility index (Phi) is 3.60. The van der Waals surface area contributed by atoms with E-state index in [9.17, 15) is 14.9 Å². The summed E-state index contributed by atoms with van der Waals surface area (Å²) >= 11 is 0. The third-order valence-corrected chi connectivity index (χ3v) is 2.63. The van der Waals surface area contributed by atoms with Gasteiger partial charge in [-0.1, -0.05) is 0 Å². The Bertz CT molecular complexity index is 667. The van der Waals surface area contributed by atoms with Crippen molar-refractivity contribution in [1.29, 1.82) is 0 Å². The van der Waals surface area contributed by atoms with Gasteiger partial charge in [0.05, 0.1) is 17.7 Å². The van der Waals surface area contributed by atoms with Gasteiger partial charge in [-0.25, -0.2) is 9.78 Å². The number of aromatic nitrogens is 1. The number of carboxylic acids is 1. The Morgan fingerprint density at radius 1 is 1.30 bits per heavy atom. The first-order valence-electron chi connectivity index (χ1n) is 5.55. The molecule has 0 aliphatic heterocycles. The Balaban J connectivity index is 2.48. The Morgan fingerprint density at radius 2 is 1.95 bits per heavy atom. The fraction of sp³-hybridized carbons (Fsp3) is 0.0769. The van der Waals surface area contributed by atoms with E-state index in [2.05, 4.69) is 4.98 Å². The van der Waals surface area contributed by atoms with E-state index in [1.54, 1.807) is 6.07 Å². The van der Waals surface area contributed by atoms with E-state index >= 15 is 0 Å². The molecule has 0 amide bonds. The van der Waals surface area contributed by atoms with Crippen LogP contribution in [0.2, 0.25) is 0 Å². The van der Waals surface area contributed by atoms with Crippen LogP contribution < -0.4 is 4.74 Å². The highest BCUT2D eigenvalue weighted by atomic mass is 16.6. The molecule has 0 atom stereocenters. The van der Waals surface area contributed by atoms with Crippen LogP contribution >= 0.6 is 0 Å². The number of rotatable bonds is 4. The highest BCUT2D eigenvalue weighted by Gasteiger charge is 2.12. The molecular weight excluding hydrogens is 264 g/mol. The van der Waals surface area contributed by atoms with Crippen molar-refractivity contribution in [2.45, 2.75) is 0 Å². The highest BCUT2D eigenvalue weighted by Crippen LogP contribution is 2.25. The summed E-state index contributed by atoms with van der Waals surface area (Å²) in [5, 5.41) is 19.6. The molecule has 7 nitrogen and oxygen atoms in total. The van der Waals surface area contributed by atoms with E-state index in [1.807, 2.05) is 0 Å².